The Morgan fingerprint density at radius 2 is 2.07 bits per heavy atom. The second-order valence-electron chi connectivity index (χ2n) is 3.69. The van der Waals surface area contributed by atoms with Crippen LogP contribution >= 0.6 is 0 Å². The average molecular weight is 208 g/mol. The van der Waals surface area contributed by atoms with Crippen molar-refractivity contribution >= 4 is 5.97 Å². The van der Waals surface area contributed by atoms with Crippen LogP contribution in [-0.4, -0.2) is 24.8 Å². The zero-order valence-corrected chi connectivity index (χ0v) is 9.28. The van der Waals surface area contributed by atoms with Gasteiger partial charge >= 0.3 is 5.97 Å². The summed E-state index contributed by atoms with van der Waals surface area (Å²) in [6, 6.07) is 5.70. The van der Waals surface area contributed by atoms with E-state index in [4.69, 9.17) is 9.84 Å². The van der Waals surface area contributed by atoms with Crippen LogP contribution in [0.3, 0.4) is 0 Å². The van der Waals surface area contributed by atoms with Gasteiger partial charge in [-0.1, -0.05) is 18.2 Å². The molecule has 0 bridgehead atoms. The number of methoxy groups -OCH3 is 1. The van der Waals surface area contributed by atoms with Gasteiger partial charge in [-0.3, -0.25) is 4.79 Å². The summed E-state index contributed by atoms with van der Waals surface area (Å²) in [5.74, 6) is -1.42. The number of carboxylic acid groups (broad SMARTS) is 1. The molecule has 82 valence electrons. The van der Waals surface area contributed by atoms with Gasteiger partial charge in [0.05, 0.1) is 6.61 Å². The molecule has 1 aromatic rings. The first-order valence-electron chi connectivity index (χ1n) is 4.85. The Morgan fingerprint density at radius 1 is 1.40 bits per heavy atom. The predicted molar refractivity (Wildman–Crippen MR) is 58.2 cm³/mol. The SMILES string of the molecule is COCC(C(=O)O)c1ccc(C)c(C)c1. The molecule has 1 unspecified atom stereocenters. The molecular formula is C12H16O3. The van der Waals surface area contributed by atoms with E-state index < -0.39 is 11.9 Å². The lowest BCUT2D eigenvalue weighted by atomic mass is 9.96. The first-order chi connectivity index (χ1) is 7.06. The number of ether oxygens (including phenoxy) is 1. The normalized spacial score (nSPS) is 12.5. The van der Waals surface area contributed by atoms with E-state index in [1.165, 1.54) is 12.7 Å². The summed E-state index contributed by atoms with van der Waals surface area (Å²) in [6.07, 6.45) is 0. The van der Waals surface area contributed by atoms with Crippen molar-refractivity contribution in [2.24, 2.45) is 0 Å². The Balaban J connectivity index is 3.01. The average Bonchev–Trinajstić information content (AvgIpc) is 2.18. The molecule has 0 heterocycles. The first kappa shape index (κ1) is 11.7. The maximum atomic E-state index is 11.0. The van der Waals surface area contributed by atoms with E-state index in [1.54, 1.807) is 0 Å². The number of rotatable bonds is 4. The molecule has 0 radical (unpaired) electrons. The van der Waals surface area contributed by atoms with Crippen LogP contribution in [0, 0.1) is 13.8 Å². The molecule has 1 N–H and O–H groups in total. The highest BCUT2D eigenvalue weighted by Crippen LogP contribution is 2.19. The van der Waals surface area contributed by atoms with E-state index in [2.05, 4.69) is 0 Å². The van der Waals surface area contributed by atoms with Crippen molar-refractivity contribution in [3.63, 3.8) is 0 Å². The van der Waals surface area contributed by atoms with Crippen molar-refractivity contribution in [3.05, 3.63) is 34.9 Å². The van der Waals surface area contributed by atoms with Gasteiger partial charge in [0.2, 0.25) is 0 Å². The van der Waals surface area contributed by atoms with Crippen LogP contribution in [0.1, 0.15) is 22.6 Å². The lowest BCUT2D eigenvalue weighted by Gasteiger charge is -2.13. The number of hydrogen-bond donors (Lipinski definition) is 1. The van der Waals surface area contributed by atoms with Gasteiger partial charge in [0.1, 0.15) is 5.92 Å². The Bertz CT molecular complexity index is 358. The van der Waals surface area contributed by atoms with Gasteiger partial charge in [-0.25, -0.2) is 0 Å². The standard InChI is InChI=1S/C12H16O3/c1-8-4-5-10(6-9(8)2)11(7-15-3)12(13)14/h4-6,11H,7H2,1-3H3,(H,13,14). The van der Waals surface area contributed by atoms with Crippen LogP contribution < -0.4 is 0 Å². The Kier molecular flexibility index (Phi) is 3.86. The van der Waals surface area contributed by atoms with E-state index in [0.29, 0.717) is 0 Å². The molecule has 1 aromatic carbocycles. The van der Waals surface area contributed by atoms with Gasteiger partial charge < -0.3 is 9.84 Å². The molecule has 0 saturated heterocycles. The quantitative estimate of drug-likeness (QED) is 0.824. The maximum Gasteiger partial charge on any atom is 0.313 e. The smallest absolute Gasteiger partial charge is 0.313 e. The lowest BCUT2D eigenvalue weighted by Crippen LogP contribution is -2.17. The summed E-state index contributed by atoms with van der Waals surface area (Å²) in [7, 11) is 1.51. The molecule has 1 rings (SSSR count). The molecule has 3 nitrogen and oxygen atoms in total. The summed E-state index contributed by atoms with van der Waals surface area (Å²) in [6.45, 7) is 4.19. The number of benzene rings is 1. The van der Waals surface area contributed by atoms with Crippen LogP contribution in [0.15, 0.2) is 18.2 Å². The van der Waals surface area contributed by atoms with Crippen molar-refractivity contribution in [2.45, 2.75) is 19.8 Å². The van der Waals surface area contributed by atoms with Crippen LogP contribution in [-0.2, 0) is 9.53 Å². The minimum Gasteiger partial charge on any atom is -0.481 e. The zero-order valence-electron chi connectivity index (χ0n) is 9.28. The number of aryl methyl sites for hydroxylation is 2. The highest BCUT2D eigenvalue weighted by atomic mass is 16.5. The van der Waals surface area contributed by atoms with Crippen LogP contribution in [0.25, 0.3) is 0 Å². The van der Waals surface area contributed by atoms with E-state index in [0.717, 1.165) is 11.1 Å². The number of carbonyl (C=O) groups is 1. The predicted octanol–water partition coefficient (Wildman–Crippen LogP) is 2.12. The van der Waals surface area contributed by atoms with Crippen LogP contribution in [0.2, 0.25) is 0 Å². The molecule has 0 spiro atoms. The molecule has 0 aromatic heterocycles. The number of carboxylic acids is 1. The fourth-order valence-corrected chi connectivity index (χ4v) is 1.46. The minimum absolute atomic E-state index is 0.206. The highest BCUT2D eigenvalue weighted by Gasteiger charge is 2.19. The third-order valence-corrected chi connectivity index (χ3v) is 2.56. The molecule has 1 atom stereocenters. The zero-order chi connectivity index (χ0) is 11.4. The Morgan fingerprint density at radius 3 is 2.53 bits per heavy atom. The molecule has 0 saturated carbocycles. The molecule has 0 fully saturated rings. The summed E-state index contributed by atoms with van der Waals surface area (Å²) < 4.78 is 4.91. The second-order valence-corrected chi connectivity index (χ2v) is 3.69. The van der Waals surface area contributed by atoms with Crippen molar-refractivity contribution in [3.8, 4) is 0 Å². The third-order valence-electron chi connectivity index (χ3n) is 2.56. The maximum absolute atomic E-state index is 11.0. The monoisotopic (exact) mass is 208 g/mol. The molecule has 0 aliphatic rings. The largest absolute Gasteiger partial charge is 0.481 e. The minimum atomic E-state index is -0.847. The van der Waals surface area contributed by atoms with Gasteiger partial charge in [0.15, 0.2) is 0 Å². The van der Waals surface area contributed by atoms with Gasteiger partial charge in [-0.15, -0.1) is 0 Å². The summed E-state index contributed by atoms with van der Waals surface area (Å²) >= 11 is 0. The number of hydrogen-bond acceptors (Lipinski definition) is 2. The van der Waals surface area contributed by atoms with E-state index >= 15 is 0 Å². The van der Waals surface area contributed by atoms with Crippen molar-refractivity contribution in [1.82, 2.24) is 0 Å². The summed E-state index contributed by atoms with van der Waals surface area (Å²) in [4.78, 5) is 11.0. The fraction of sp³-hybridized carbons (Fsp3) is 0.417. The topological polar surface area (TPSA) is 46.5 Å². The summed E-state index contributed by atoms with van der Waals surface area (Å²) in [5.41, 5.74) is 3.07. The number of aliphatic carboxylic acids is 1. The molecule has 0 amide bonds. The van der Waals surface area contributed by atoms with Gasteiger partial charge in [0, 0.05) is 7.11 Å². The molecule has 0 aliphatic carbocycles. The Hall–Kier alpha value is -1.35. The van der Waals surface area contributed by atoms with E-state index in [9.17, 15) is 4.79 Å². The van der Waals surface area contributed by atoms with Crippen molar-refractivity contribution in [1.29, 1.82) is 0 Å². The van der Waals surface area contributed by atoms with Gasteiger partial charge in [0.25, 0.3) is 0 Å². The van der Waals surface area contributed by atoms with Gasteiger partial charge in [-0.2, -0.15) is 0 Å². The van der Waals surface area contributed by atoms with E-state index in [-0.39, 0.29) is 6.61 Å². The molecular weight excluding hydrogens is 192 g/mol. The lowest BCUT2D eigenvalue weighted by molar-refractivity contribution is -0.140. The van der Waals surface area contributed by atoms with Crippen LogP contribution in [0.4, 0.5) is 0 Å². The summed E-state index contributed by atoms with van der Waals surface area (Å²) in [5, 5.41) is 9.04. The van der Waals surface area contributed by atoms with E-state index in [1.807, 2.05) is 32.0 Å². The highest BCUT2D eigenvalue weighted by molar-refractivity contribution is 5.76. The van der Waals surface area contributed by atoms with Gasteiger partial charge in [-0.05, 0) is 30.5 Å². The molecule has 15 heavy (non-hydrogen) atoms. The second kappa shape index (κ2) is 4.94. The van der Waals surface area contributed by atoms with Crippen LogP contribution in [0.5, 0.6) is 0 Å². The molecule has 3 heteroatoms. The van der Waals surface area contributed by atoms with Crippen molar-refractivity contribution < 1.29 is 14.6 Å². The third kappa shape index (κ3) is 2.80. The Labute approximate surface area is 89.7 Å². The molecule has 0 aliphatic heterocycles. The first-order valence-corrected chi connectivity index (χ1v) is 4.85. The van der Waals surface area contributed by atoms with Crippen molar-refractivity contribution in [2.75, 3.05) is 13.7 Å². The fourth-order valence-electron chi connectivity index (χ4n) is 1.46.